The Morgan fingerprint density at radius 3 is 2.19 bits per heavy atom. The van der Waals surface area contributed by atoms with Crippen LogP contribution in [0.4, 0.5) is 10.5 Å². The van der Waals surface area contributed by atoms with Gasteiger partial charge in [-0.15, -0.1) is 5.10 Å². The Balaban J connectivity index is 1.61. The number of nitrogens with one attached hydrogen (secondary N) is 3. The molecule has 0 radical (unpaired) electrons. The fraction of sp³-hybridized carbons (Fsp3) is 0.643. The SMILES string of the molecule is [N-]=[N+]=NCCC(=O)C[C@@H](CCCCN)C(=O)NCCCC(=O)c1ccc(CCCOCCOCCOCc2cn(CCCC[C@H](NC(=O)N[C@@H](CCC(=O)O)C(=O)O)C(=O)O)nn2)c([N+](=O)[O-])c1. The molecule has 26 heteroatoms. The fourth-order valence-electron chi connectivity index (χ4n) is 6.58. The molecule has 0 unspecified atom stereocenters. The molecular formula is C42H63N11O15. The molecule has 0 aliphatic rings. The predicted molar refractivity (Wildman–Crippen MR) is 239 cm³/mol. The van der Waals surface area contributed by atoms with E-state index >= 15 is 0 Å². The van der Waals surface area contributed by atoms with E-state index in [1.165, 1.54) is 6.07 Å². The first-order valence-corrected chi connectivity index (χ1v) is 22.3. The number of azide groups is 1. The second-order valence-electron chi connectivity index (χ2n) is 15.5. The van der Waals surface area contributed by atoms with Gasteiger partial charge in [-0.25, -0.2) is 14.4 Å². The second kappa shape index (κ2) is 33.8. The highest BCUT2D eigenvalue weighted by atomic mass is 16.6. The number of aryl methyl sites for hydroxylation is 2. The first-order valence-electron chi connectivity index (χ1n) is 22.3. The number of hydrogen-bond donors (Lipinski definition) is 7. The van der Waals surface area contributed by atoms with Gasteiger partial charge in [-0.1, -0.05) is 28.9 Å². The number of nitro benzene ring substituents is 1. The molecule has 1 aromatic heterocycles. The minimum Gasteiger partial charge on any atom is -0.481 e. The third-order valence-electron chi connectivity index (χ3n) is 10.2. The molecule has 1 heterocycles. The normalized spacial score (nSPS) is 12.2. The van der Waals surface area contributed by atoms with E-state index in [-0.39, 0.29) is 107 Å². The maximum Gasteiger partial charge on any atom is 0.326 e. The Kier molecular flexibility index (Phi) is 28.6. The van der Waals surface area contributed by atoms with Gasteiger partial charge < -0.3 is 51.2 Å². The summed E-state index contributed by atoms with van der Waals surface area (Å²) in [5.74, 6) is -5.39. The summed E-state index contributed by atoms with van der Waals surface area (Å²) in [5.41, 5.74) is 15.0. The van der Waals surface area contributed by atoms with Crippen molar-refractivity contribution in [2.45, 2.75) is 115 Å². The van der Waals surface area contributed by atoms with Crippen LogP contribution in [0.25, 0.3) is 10.4 Å². The number of benzene rings is 1. The number of ether oxygens (including phenoxy) is 3. The molecule has 26 nitrogen and oxygen atoms in total. The van der Waals surface area contributed by atoms with Crippen LogP contribution in [-0.4, -0.2) is 141 Å². The Hall–Kier alpha value is -6.60. The average Bonchev–Trinajstić information content (AvgIpc) is 3.76. The van der Waals surface area contributed by atoms with Gasteiger partial charge in [0.15, 0.2) is 5.78 Å². The highest BCUT2D eigenvalue weighted by Crippen LogP contribution is 2.23. The van der Waals surface area contributed by atoms with E-state index in [1.54, 1.807) is 23.0 Å². The standard InChI is InChI=1S/C42H63N11O15/c43-16-3-1-7-31(25-33(54)15-18-46-50-44)39(58)45-17-5-10-37(55)30-12-11-29(36(26-30)53(64)65)8-6-20-66-21-22-67-23-24-68-28-32-27-52(51-49-32)19-4-2-9-34(40(59)60)47-42(63)48-35(41(61)62)13-14-38(56)57/h11-12,26-27,31,34-35H,1-10,13-25,28,43H2,(H,45,58)(H,56,57)(H,59,60)(H,61,62)(H2,47,48,63)/t31-,34+,35+/m1/s1. The van der Waals surface area contributed by atoms with Crippen LogP contribution in [0.1, 0.15) is 105 Å². The van der Waals surface area contributed by atoms with Gasteiger partial charge in [0.1, 0.15) is 23.6 Å². The summed E-state index contributed by atoms with van der Waals surface area (Å²) in [6, 6.07) is 0.532. The lowest BCUT2D eigenvalue weighted by molar-refractivity contribution is -0.385. The number of carbonyl (C=O) groups is 7. The van der Waals surface area contributed by atoms with E-state index in [0.29, 0.717) is 82.3 Å². The van der Waals surface area contributed by atoms with E-state index in [1.807, 2.05) is 0 Å². The lowest BCUT2D eigenvalue weighted by Gasteiger charge is -2.18. The summed E-state index contributed by atoms with van der Waals surface area (Å²) in [6.07, 6.45) is 4.75. The number of carboxylic acids is 3. The van der Waals surface area contributed by atoms with Gasteiger partial charge in [-0.3, -0.25) is 34.0 Å². The molecule has 3 amide bonds. The number of carboxylic acid groups (broad SMARTS) is 3. The lowest BCUT2D eigenvalue weighted by atomic mass is 9.94. The van der Waals surface area contributed by atoms with Gasteiger partial charge >= 0.3 is 23.9 Å². The van der Waals surface area contributed by atoms with Crippen LogP contribution in [0, 0.1) is 16.0 Å². The van der Waals surface area contributed by atoms with Crippen molar-refractivity contribution in [3.8, 4) is 0 Å². The molecule has 68 heavy (non-hydrogen) atoms. The van der Waals surface area contributed by atoms with Crippen LogP contribution < -0.4 is 21.7 Å². The molecule has 3 atom stereocenters. The van der Waals surface area contributed by atoms with Crippen molar-refractivity contribution in [2.24, 2.45) is 16.8 Å². The number of carbonyl (C=O) groups excluding carboxylic acids is 4. The van der Waals surface area contributed by atoms with Crippen molar-refractivity contribution in [1.29, 1.82) is 0 Å². The number of nitrogens with zero attached hydrogens (tertiary/aromatic N) is 7. The second-order valence-corrected chi connectivity index (χ2v) is 15.5. The first-order chi connectivity index (χ1) is 32.6. The molecule has 0 fully saturated rings. The van der Waals surface area contributed by atoms with Crippen molar-refractivity contribution in [3.05, 3.63) is 61.8 Å². The van der Waals surface area contributed by atoms with Crippen molar-refractivity contribution in [3.63, 3.8) is 0 Å². The van der Waals surface area contributed by atoms with E-state index in [0.717, 1.165) is 0 Å². The summed E-state index contributed by atoms with van der Waals surface area (Å²) in [5, 5.41) is 57.7. The zero-order valence-electron chi connectivity index (χ0n) is 38.0. The van der Waals surface area contributed by atoms with Crippen LogP contribution in [0.3, 0.4) is 0 Å². The van der Waals surface area contributed by atoms with Crippen molar-refractivity contribution < 1.29 is 68.0 Å². The molecule has 0 saturated carbocycles. The van der Waals surface area contributed by atoms with Gasteiger partial charge in [-0.2, -0.15) is 0 Å². The van der Waals surface area contributed by atoms with Crippen LogP contribution in [0.2, 0.25) is 0 Å². The molecule has 2 aromatic rings. The highest BCUT2D eigenvalue weighted by Gasteiger charge is 2.25. The summed E-state index contributed by atoms with van der Waals surface area (Å²) < 4.78 is 18.3. The number of urea groups is 1. The van der Waals surface area contributed by atoms with Gasteiger partial charge in [0, 0.05) is 79.9 Å². The quantitative estimate of drug-likeness (QED) is 0.00959. The van der Waals surface area contributed by atoms with Crippen molar-refractivity contribution in [2.75, 3.05) is 52.7 Å². The molecule has 2 rings (SSSR count). The topological polar surface area (TPSA) is 393 Å². The molecule has 0 aliphatic heterocycles. The smallest absolute Gasteiger partial charge is 0.326 e. The maximum absolute atomic E-state index is 12.9. The Bertz CT molecular complexity index is 1990. The van der Waals surface area contributed by atoms with Gasteiger partial charge in [0.05, 0.1) is 44.2 Å². The maximum atomic E-state index is 12.9. The summed E-state index contributed by atoms with van der Waals surface area (Å²) in [4.78, 5) is 97.8. The third-order valence-corrected chi connectivity index (χ3v) is 10.2. The summed E-state index contributed by atoms with van der Waals surface area (Å²) in [7, 11) is 0. The lowest BCUT2D eigenvalue weighted by Crippen LogP contribution is -2.51. The molecule has 1 aromatic carbocycles. The number of rotatable bonds is 40. The third kappa shape index (κ3) is 24.8. The molecular weight excluding hydrogens is 899 g/mol. The van der Waals surface area contributed by atoms with Crippen LogP contribution in [0.15, 0.2) is 29.5 Å². The zero-order valence-corrected chi connectivity index (χ0v) is 38.0. The number of Topliss-reactive ketones (excluding diaryl/α,β-unsaturated/α-hetero) is 2. The van der Waals surface area contributed by atoms with Gasteiger partial charge in [-0.05, 0) is 69.9 Å². The molecule has 8 N–H and O–H groups in total. The number of aromatic nitrogens is 3. The van der Waals surface area contributed by atoms with E-state index in [2.05, 4.69) is 36.3 Å². The Morgan fingerprint density at radius 1 is 0.853 bits per heavy atom. The van der Waals surface area contributed by atoms with Crippen LogP contribution in [-0.2, 0) is 57.8 Å². The number of nitro groups is 1. The largest absolute Gasteiger partial charge is 0.481 e. The summed E-state index contributed by atoms with van der Waals surface area (Å²) >= 11 is 0. The number of nitrogens with two attached hydrogens (primary N) is 1. The number of hydrogen-bond acceptors (Lipinski definition) is 16. The molecule has 0 saturated heterocycles. The first kappa shape index (κ1) is 57.5. The number of amides is 3. The summed E-state index contributed by atoms with van der Waals surface area (Å²) in [6.45, 7) is 2.65. The molecule has 0 aliphatic carbocycles. The minimum atomic E-state index is -1.50. The van der Waals surface area contributed by atoms with Gasteiger partial charge in [0.25, 0.3) is 5.69 Å². The predicted octanol–water partition coefficient (Wildman–Crippen LogP) is 3.09. The van der Waals surface area contributed by atoms with E-state index < -0.39 is 53.3 Å². The van der Waals surface area contributed by atoms with Gasteiger partial charge in [0.2, 0.25) is 5.91 Å². The zero-order chi connectivity index (χ0) is 50.1. The number of ketones is 2. The number of aliphatic carboxylic acids is 3. The average molecular weight is 962 g/mol. The van der Waals surface area contributed by atoms with Crippen LogP contribution >= 0.6 is 0 Å². The molecule has 376 valence electrons. The van der Waals surface area contributed by atoms with Crippen molar-refractivity contribution in [1.82, 2.24) is 30.9 Å². The number of unbranched alkanes of at least 4 members (excludes halogenated alkanes) is 2. The van der Waals surface area contributed by atoms with Crippen molar-refractivity contribution >= 4 is 47.1 Å². The molecule has 0 spiro atoms. The minimum absolute atomic E-state index is 0.00796. The highest BCUT2D eigenvalue weighted by molar-refractivity contribution is 5.97. The van der Waals surface area contributed by atoms with E-state index in [9.17, 15) is 53.9 Å². The fourth-order valence-corrected chi connectivity index (χ4v) is 6.58. The van der Waals surface area contributed by atoms with E-state index in [4.69, 9.17) is 30.6 Å². The van der Waals surface area contributed by atoms with Crippen LogP contribution in [0.5, 0.6) is 0 Å². The Labute approximate surface area is 391 Å². The Morgan fingerprint density at radius 2 is 1.53 bits per heavy atom. The monoisotopic (exact) mass is 961 g/mol. The molecule has 0 bridgehead atoms.